The van der Waals surface area contributed by atoms with E-state index in [1.54, 1.807) is 30.6 Å². The van der Waals surface area contributed by atoms with Crippen molar-refractivity contribution >= 4 is 41.0 Å². The predicted octanol–water partition coefficient (Wildman–Crippen LogP) is 3.44. The first kappa shape index (κ1) is 21.5. The molecule has 0 bridgehead atoms. The summed E-state index contributed by atoms with van der Waals surface area (Å²) in [5, 5.41) is 9.25. The third-order valence-electron chi connectivity index (χ3n) is 4.47. The van der Waals surface area contributed by atoms with Gasteiger partial charge in [0, 0.05) is 29.5 Å². The Morgan fingerprint density at radius 1 is 1.24 bits per heavy atom. The van der Waals surface area contributed by atoms with Gasteiger partial charge in [-0.25, -0.2) is 0 Å². The van der Waals surface area contributed by atoms with Crippen molar-refractivity contribution in [2.45, 2.75) is 35.0 Å². The first-order valence-electron chi connectivity index (χ1n) is 9.30. The van der Waals surface area contributed by atoms with Gasteiger partial charge in [-0.15, -0.1) is 23.5 Å². The lowest BCUT2D eigenvalue weighted by Crippen LogP contribution is -2.55. The molecule has 1 aliphatic heterocycles. The summed E-state index contributed by atoms with van der Waals surface area (Å²) in [6, 6.07) is 15.3. The number of benzene rings is 2. The Labute approximate surface area is 179 Å². The van der Waals surface area contributed by atoms with Gasteiger partial charge < -0.3 is 15.4 Å². The molecule has 2 aromatic rings. The average Bonchev–Trinajstić information content (AvgIpc) is 2.72. The van der Waals surface area contributed by atoms with E-state index in [9.17, 15) is 9.59 Å². The maximum Gasteiger partial charge on any atom is 0.225 e. The van der Waals surface area contributed by atoms with Crippen molar-refractivity contribution in [1.82, 2.24) is 10.6 Å². The Hall–Kier alpha value is -2.16. The summed E-state index contributed by atoms with van der Waals surface area (Å²) in [6.45, 7) is 0. The van der Waals surface area contributed by atoms with Crippen molar-refractivity contribution in [3.05, 3.63) is 54.1 Å². The van der Waals surface area contributed by atoms with E-state index in [1.165, 1.54) is 0 Å². The zero-order valence-electron chi connectivity index (χ0n) is 16.4. The predicted molar refractivity (Wildman–Crippen MR) is 119 cm³/mol. The topological polar surface area (TPSA) is 79.5 Å². The molecular weight excluding hydrogens is 406 g/mol. The summed E-state index contributed by atoms with van der Waals surface area (Å²) in [4.78, 5) is 25.6. The number of rotatable bonds is 8. The average molecular weight is 432 g/mol. The number of methoxy groups -OCH3 is 1. The molecule has 0 aliphatic carbocycles. The second kappa shape index (κ2) is 10.6. The van der Waals surface area contributed by atoms with Crippen LogP contribution in [0.25, 0.3) is 0 Å². The molecule has 3 N–H and O–H groups in total. The minimum Gasteiger partial charge on any atom is -0.497 e. The molecule has 1 heterocycles. The minimum atomic E-state index is -0.237. The molecular formula is C21H25N3O3S2. The molecule has 6 nitrogen and oxygen atoms in total. The van der Waals surface area contributed by atoms with Crippen LogP contribution in [-0.2, 0) is 15.3 Å². The number of carbonyl (C=O) groups excluding carboxylic acids is 2. The lowest BCUT2D eigenvalue weighted by atomic mass is 10.1. The van der Waals surface area contributed by atoms with E-state index >= 15 is 0 Å². The quantitative estimate of drug-likeness (QED) is 0.556. The number of hydrogen-bond donors (Lipinski definition) is 3. The number of ether oxygens (including phenoxy) is 1. The molecule has 154 valence electrons. The van der Waals surface area contributed by atoms with Gasteiger partial charge in [-0.1, -0.05) is 24.3 Å². The smallest absolute Gasteiger partial charge is 0.225 e. The first-order valence-corrected chi connectivity index (χ1v) is 11.6. The van der Waals surface area contributed by atoms with E-state index in [4.69, 9.17) is 4.74 Å². The second-order valence-electron chi connectivity index (χ2n) is 6.63. The van der Waals surface area contributed by atoms with Crippen LogP contribution < -0.4 is 20.7 Å². The summed E-state index contributed by atoms with van der Waals surface area (Å²) < 4.78 is 5.25. The van der Waals surface area contributed by atoms with Crippen LogP contribution in [0.5, 0.6) is 5.75 Å². The van der Waals surface area contributed by atoms with Crippen molar-refractivity contribution in [3.63, 3.8) is 0 Å². The molecule has 0 radical (unpaired) electrons. The highest BCUT2D eigenvalue weighted by molar-refractivity contribution is 7.99. The van der Waals surface area contributed by atoms with Gasteiger partial charge in [-0.05, 0) is 36.1 Å². The van der Waals surface area contributed by atoms with E-state index in [0.717, 1.165) is 27.6 Å². The molecule has 2 aromatic carbocycles. The third-order valence-corrected chi connectivity index (χ3v) is 6.36. The minimum absolute atomic E-state index is 0.0470. The van der Waals surface area contributed by atoms with Gasteiger partial charge in [0.15, 0.2) is 0 Å². The van der Waals surface area contributed by atoms with E-state index in [-0.39, 0.29) is 36.2 Å². The Bertz CT molecular complexity index is 863. The monoisotopic (exact) mass is 431 g/mol. The van der Waals surface area contributed by atoms with Crippen LogP contribution in [-0.4, -0.2) is 36.7 Å². The van der Waals surface area contributed by atoms with Crippen molar-refractivity contribution in [2.24, 2.45) is 0 Å². The molecule has 8 heteroatoms. The number of carbonyl (C=O) groups is 2. The number of nitrogens with one attached hydrogen (secondary N) is 3. The molecule has 1 aliphatic rings. The third kappa shape index (κ3) is 6.42. The van der Waals surface area contributed by atoms with Crippen molar-refractivity contribution in [2.75, 3.05) is 18.7 Å². The van der Waals surface area contributed by atoms with Gasteiger partial charge >= 0.3 is 0 Å². The van der Waals surface area contributed by atoms with E-state index in [2.05, 4.69) is 16.0 Å². The lowest BCUT2D eigenvalue weighted by Gasteiger charge is -2.31. The molecule has 2 amide bonds. The summed E-state index contributed by atoms with van der Waals surface area (Å²) in [6.07, 6.45) is 2.50. The van der Waals surface area contributed by atoms with Gasteiger partial charge in [-0.2, -0.15) is 0 Å². The van der Waals surface area contributed by atoms with Crippen LogP contribution in [0.4, 0.5) is 5.69 Å². The van der Waals surface area contributed by atoms with Crippen LogP contribution in [0.2, 0.25) is 0 Å². The Kier molecular flexibility index (Phi) is 7.85. The maximum atomic E-state index is 12.5. The highest BCUT2D eigenvalue weighted by Crippen LogP contribution is 2.25. The van der Waals surface area contributed by atoms with Gasteiger partial charge in [0.05, 0.1) is 12.8 Å². The zero-order valence-corrected chi connectivity index (χ0v) is 18.1. The number of amides is 2. The van der Waals surface area contributed by atoms with Crippen molar-refractivity contribution < 1.29 is 14.3 Å². The van der Waals surface area contributed by atoms with Gasteiger partial charge in [0.2, 0.25) is 11.8 Å². The fraction of sp³-hybridized carbons (Fsp3) is 0.333. The summed E-state index contributed by atoms with van der Waals surface area (Å²) >= 11 is 3.17. The van der Waals surface area contributed by atoms with Crippen LogP contribution in [0, 0.1) is 0 Å². The Morgan fingerprint density at radius 2 is 2.07 bits per heavy atom. The van der Waals surface area contributed by atoms with E-state index in [1.807, 2.05) is 54.8 Å². The van der Waals surface area contributed by atoms with E-state index in [0.29, 0.717) is 0 Å². The Balaban J connectivity index is 1.53. The summed E-state index contributed by atoms with van der Waals surface area (Å²) in [5.74, 6) is 1.38. The van der Waals surface area contributed by atoms with E-state index < -0.39 is 0 Å². The molecule has 0 spiro atoms. The standard InChI is InChI=1S/C21H25N3O3S2/c1-27-16-7-5-6-14(10-16)13-29-21-22-15(12-20(26)24-21)11-19(25)23-17-8-3-4-9-18(17)28-2/h3-10,15,21-22H,11-13H2,1-2H3,(H,23,25)(H,24,26). The molecule has 3 rings (SSSR count). The highest BCUT2D eigenvalue weighted by atomic mass is 32.2. The number of hydrogen-bond acceptors (Lipinski definition) is 6. The van der Waals surface area contributed by atoms with Crippen molar-refractivity contribution in [1.29, 1.82) is 0 Å². The van der Waals surface area contributed by atoms with Crippen LogP contribution in [0.1, 0.15) is 18.4 Å². The largest absolute Gasteiger partial charge is 0.497 e. The molecule has 1 saturated heterocycles. The molecule has 29 heavy (non-hydrogen) atoms. The number of thioether (sulfide) groups is 2. The molecule has 0 saturated carbocycles. The number of anilines is 1. The zero-order chi connectivity index (χ0) is 20.6. The molecule has 2 unspecified atom stereocenters. The normalized spacial score (nSPS) is 18.8. The van der Waals surface area contributed by atoms with Gasteiger partial charge in [0.25, 0.3) is 0 Å². The van der Waals surface area contributed by atoms with Gasteiger partial charge in [0.1, 0.15) is 11.2 Å². The molecule has 0 aromatic heterocycles. The van der Waals surface area contributed by atoms with Crippen molar-refractivity contribution in [3.8, 4) is 5.75 Å². The summed E-state index contributed by atoms with van der Waals surface area (Å²) in [7, 11) is 1.64. The van der Waals surface area contributed by atoms with Crippen LogP contribution in [0.3, 0.4) is 0 Å². The second-order valence-corrected chi connectivity index (χ2v) is 8.57. The molecule has 2 atom stereocenters. The fourth-order valence-electron chi connectivity index (χ4n) is 3.08. The van der Waals surface area contributed by atoms with Crippen LogP contribution >= 0.6 is 23.5 Å². The fourth-order valence-corrected chi connectivity index (χ4v) is 4.67. The molecule has 1 fully saturated rings. The SMILES string of the molecule is COc1cccc(CSC2NC(=O)CC(CC(=O)Nc3ccccc3SC)N2)c1. The number of para-hydroxylation sites is 1. The first-order chi connectivity index (χ1) is 14.1. The maximum absolute atomic E-state index is 12.5. The summed E-state index contributed by atoms with van der Waals surface area (Å²) in [5.41, 5.74) is 1.67. The van der Waals surface area contributed by atoms with Gasteiger partial charge in [-0.3, -0.25) is 14.9 Å². The van der Waals surface area contributed by atoms with Crippen LogP contribution in [0.15, 0.2) is 53.4 Å². The Morgan fingerprint density at radius 3 is 2.86 bits per heavy atom. The highest BCUT2D eigenvalue weighted by Gasteiger charge is 2.27. The lowest BCUT2D eigenvalue weighted by molar-refractivity contribution is -0.124.